The predicted octanol–water partition coefficient (Wildman–Crippen LogP) is 4.54. The van der Waals surface area contributed by atoms with Crippen LogP contribution in [0.1, 0.15) is 10.4 Å². The summed E-state index contributed by atoms with van der Waals surface area (Å²) in [7, 11) is 0. The van der Waals surface area contributed by atoms with Crippen molar-refractivity contribution in [1.82, 2.24) is 4.98 Å². The van der Waals surface area contributed by atoms with Crippen LogP contribution in [-0.4, -0.2) is 10.9 Å². The van der Waals surface area contributed by atoms with E-state index < -0.39 is 11.7 Å². The number of halogens is 4. The zero-order valence-corrected chi connectivity index (χ0v) is 12.4. The molecule has 0 aliphatic rings. The van der Waals surface area contributed by atoms with Gasteiger partial charge < -0.3 is 5.32 Å². The van der Waals surface area contributed by atoms with E-state index >= 15 is 0 Å². The Kier molecular flexibility index (Phi) is 4.39. The van der Waals surface area contributed by atoms with Crippen LogP contribution in [0.3, 0.4) is 0 Å². The highest BCUT2D eigenvalue weighted by atomic mass is 79.9. The van der Waals surface area contributed by atoms with Gasteiger partial charge in [-0.2, -0.15) is 0 Å². The van der Waals surface area contributed by atoms with Gasteiger partial charge in [-0.05, 0) is 34.1 Å². The summed E-state index contributed by atoms with van der Waals surface area (Å²) in [4.78, 5) is 15.8. The molecular weight excluding hydrogens is 358 g/mol. The van der Waals surface area contributed by atoms with Crippen molar-refractivity contribution >= 4 is 50.7 Å². The molecule has 2 aromatic rings. The van der Waals surface area contributed by atoms with Gasteiger partial charge in [-0.25, -0.2) is 9.37 Å². The van der Waals surface area contributed by atoms with Crippen LogP contribution >= 0.6 is 39.1 Å². The predicted molar refractivity (Wildman–Crippen MR) is 76.3 cm³/mol. The van der Waals surface area contributed by atoms with E-state index in [0.717, 1.165) is 6.07 Å². The van der Waals surface area contributed by atoms with Crippen LogP contribution in [0.25, 0.3) is 0 Å². The molecule has 0 spiro atoms. The minimum atomic E-state index is -0.705. The molecule has 19 heavy (non-hydrogen) atoms. The molecule has 1 N–H and O–H groups in total. The summed E-state index contributed by atoms with van der Waals surface area (Å²) in [5.41, 5.74) is 0.0283. The van der Waals surface area contributed by atoms with Crippen LogP contribution in [0.15, 0.2) is 34.9 Å². The first kappa shape index (κ1) is 14.2. The lowest BCUT2D eigenvalue weighted by Crippen LogP contribution is -2.15. The lowest BCUT2D eigenvalue weighted by molar-refractivity contribution is 0.102. The first-order valence-corrected chi connectivity index (χ1v) is 6.60. The van der Waals surface area contributed by atoms with Crippen LogP contribution < -0.4 is 5.32 Å². The van der Waals surface area contributed by atoms with E-state index in [2.05, 4.69) is 26.2 Å². The molecule has 98 valence electrons. The first-order valence-electron chi connectivity index (χ1n) is 5.05. The zero-order chi connectivity index (χ0) is 14.0. The van der Waals surface area contributed by atoms with E-state index in [1.807, 2.05) is 0 Å². The molecule has 0 saturated heterocycles. The molecule has 2 rings (SSSR count). The molecule has 1 aromatic carbocycles. The van der Waals surface area contributed by atoms with Gasteiger partial charge >= 0.3 is 0 Å². The Morgan fingerprint density at radius 1 is 1.37 bits per heavy atom. The Bertz CT molecular complexity index is 631. The lowest BCUT2D eigenvalue weighted by Gasteiger charge is -2.09. The summed E-state index contributed by atoms with van der Waals surface area (Å²) in [6.45, 7) is 0. The first-order chi connectivity index (χ1) is 8.99. The number of pyridine rings is 1. The molecule has 1 aromatic heterocycles. The van der Waals surface area contributed by atoms with Crippen molar-refractivity contribution in [3.05, 3.63) is 56.5 Å². The number of hydrogen-bond donors (Lipinski definition) is 1. The fourth-order valence-electron chi connectivity index (χ4n) is 1.41. The summed E-state index contributed by atoms with van der Waals surface area (Å²) in [5, 5.41) is 2.59. The summed E-state index contributed by atoms with van der Waals surface area (Å²) >= 11 is 14.8. The molecule has 0 unspecified atom stereocenters. The monoisotopic (exact) mass is 362 g/mol. The summed E-state index contributed by atoms with van der Waals surface area (Å²) in [6, 6.07) is 5.56. The maximum Gasteiger partial charge on any atom is 0.260 e. The standard InChI is InChI=1S/C12H6BrCl2FN2O/c13-6-4-9(11(15)17-5-6)18-12(19)10-7(14)2-1-3-8(10)16/h1-5H,(H,18,19). The quantitative estimate of drug-likeness (QED) is 0.795. The number of anilines is 1. The maximum atomic E-state index is 13.6. The molecule has 0 radical (unpaired) electrons. The van der Waals surface area contributed by atoms with Crippen LogP contribution in [0.2, 0.25) is 10.2 Å². The highest BCUT2D eigenvalue weighted by Gasteiger charge is 2.17. The number of carbonyl (C=O) groups excluding carboxylic acids is 1. The Balaban J connectivity index is 2.34. The topological polar surface area (TPSA) is 42.0 Å². The number of aromatic nitrogens is 1. The molecule has 7 heteroatoms. The smallest absolute Gasteiger partial charge is 0.260 e. The van der Waals surface area contributed by atoms with Gasteiger partial charge in [0.25, 0.3) is 5.91 Å². The second kappa shape index (κ2) is 5.86. The zero-order valence-electron chi connectivity index (χ0n) is 9.25. The summed E-state index contributed by atoms with van der Waals surface area (Å²) in [6.07, 6.45) is 1.48. The highest BCUT2D eigenvalue weighted by Crippen LogP contribution is 2.25. The van der Waals surface area contributed by atoms with E-state index in [1.54, 1.807) is 6.07 Å². The fraction of sp³-hybridized carbons (Fsp3) is 0. The average molecular weight is 364 g/mol. The maximum absolute atomic E-state index is 13.6. The van der Waals surface area contributed by atoms with Crippen LogP contribution in [0.5, 0.6) is 0 Å². The number of rotatable bonds is 2. The number of benzene rings is 1. The van der Waals surface area contributed by atoms with E-state index in [9.17, 15) is 9.18 Å². The van der Waals surface area contributed by atoms with Gasteiger partial charge in [-0.1, -0.05) is 29.3 Å². The van der Waals surface area contributed by atoms with Crippen molar-refractivity contribution in [3.8, 4) is 0 Å². The largest absolute Gasteiger partial charge is 0.319 e. The van der Waals surface area contributed by atoms with E-state index in [-0.39, 0.29) is 21.4 Å². The van der Waals surface area contributed by atoms with Crippen molar-refractivity contribution in [2.24, 2.45) is 0 Å². The second-order valence-electron chi connectivity index (χ2n) is 3.54. The van der Waals surface area contributed by atoms with Gasteiger partial charge in [0, 0.05) is 10.7 Å². The Morgan fingerprint density at radius 3 is 2.79 bits per heavy atom. The number of nitrogens with one attached hydrogen (secondary N) is 1. The molecule has 1 heterocycles. The van der Waals surface area contributed by atoms with E-state index in [0.29, 0.717) is 4.47 Å². The Hall–Kier alpha value is -1.17. The minimum Gasteiger partial charge on any atom is -0.319 e. The normalized spacial score (nSPS) is 10.3. The second-order valence-corrected chi connectivity index (χ2v) is 5.22. The van der Waals surface area contributed by atoms with Crippen molar-refractivity contribution in [3.63, 3.8) is 0 Å². The van der Waals surface area contributed by atoms with Crippen molar-refractivity contribution in [2.45, 2.75) is 0 Å². The van der Waals surface area contributed by atoms with Crippen LogP contribution in [0.4, 0.5) is 10.1 Å². The number of amides is 1. The molecule has 0 atom stereocenters. The average Bonchev–Trinajstić information content (AvgIpc) is 2.33. The van der Waals surface area contributed by atoms with E-state index in [4.69, 9.17) is 23.2 Å². The molecule has 0 fully saturated rings. The highest BCUT2D eigenvalue weighted by molar-refractivity contribution is 9.10. The number of hydrogen-bond acceptors (Lipinski definition) is 2. The molecular formula is C12H6BrCl2FN2O. The number of carbonyl (C=O) groups is 1. The third kappa shape index (κ3) is 3.23. The van der Waals surface area contributed by atoms with Crippen LogP contribution in [0, 0.1) is 5.82 Å². The van der Waals surface area contributed by atoms with E-state index in [1.165, 1.54) is 18.3 Å². The van der Waals surface area contributed by atoms with Crippen molar-refractivity contribution in [1.29, 1.82) is 0 Å². The van der Waals surface area contributed by atoms with Gasteiger partial charge in [0.15, 0.2) is 5.15 Å². The van der Waals surface area contributed by atoms with Crippen molar-refractivity contribution < 1.29 is 9.18 Å². The molecule has 3 nitrogen and oxygen atoms in total. The summed E-state index contributed by atoms with van der Waals surface area (Å²) in [5.74, 6) is -1.39. The van der Waals surface area contributed by atoms with Crippen molar-refractivity contribution in [2.75, 3.05) is 5.32 Å². The molecule has 0 aliphatic heterocycles. The minimum absolute atomic E-state index is 0.0246. The molecule has 0 bridgehead atoms. The van der Waals surface area contributed by atoms with Gasteiger partial charge in [-0.15, -0.1) is 0 Å². The van der Waals surface area contributed by atoms with Gasteiger partial charge in [-0.3, -0.25) is 4.79 Å². The third-order valence-corrected chi connectivity index (χ3v) is 3.29. The molecule has 1 amide bonds. The molecule has 0 saturated carbocycles. The SMILES string of the molecule is O=C(Nc1cc(Br)cnc1Cl)c1c(F)cccc1Cl. The lowest BCUT2D eigenvalue weighted by atomic mass is 10.2. The van der Waals surface area contributed by atoms with Gasteiger partial charge in [0.1, 0.15) is 5.82 Å². The van der Waals surface area contributed by atoms with Gasteiger partial charge in [0.2, 0.25) is 0 Å². The third-order valence-electron chi connectivity index (χ3n) is 2.24. The Morgan fingerprint density at radius 2 is 2.11 bits per heavy atom. The summed E-state index contributed by atoms with van der Waals surface area (Å²) < 4.78 is 14.2. The Labute approximate surface area is 126 Å². The number of nitrogens with zero attached hydrogens (tertiary/aromatic N) is 1. The van der Waals surface area contributed by atoms with Gasteiger partial charge in [0.05, 0.1) is 16.3 Å². The van der Waals surface area contributed by atoms with Crippen LogP contribution in [-0.2, 0) is 0 Å². The molecule has 0 aliphatic carbocycles. The fourth-order valence-corrected chi connectivity index (χ4v) is 2.14.